The molecule has 270 valence electrons. The fourth-order valence-corrected chi connectivity index (χ4v) is 8.80. The molecule has 0 bridgehead atoms. The van der Waals surface area contributed by atoms with Gasteiger partial charge in [0.05, 0.1) is 34.5 Å². The molecule has 2 N–H and O–H groups in total. The van der Waals surface area contributed by atoms with Crippen molar-refractivity contribution in [3.63, 3.8) is 0 Å². The van der Waals surface area contributed by atoms with Crippen molar-refractivity contribution in [3.8, 4) is 33.5 Å². The highest BCUT2D eigenvalue weighted by molar-refractivity contribution is 6.08. The van der Waals surface area contributed by atoms with Crippen molar-refractivity contribution in [2.45, 2.75) is 25.6 Å². The van der Waals surface area contributed by atoms with E-state index in [1.54, 1.807) is 0 Å². The standard InChI is InChI=1S/C51H41N5/c1-34-15-12-13-22-43(34)49-35(2)51(54-33-53-49,41-20-10-5-11-21-41)42-30-39(36-16-6-3-7-17-36)29-40(31-42)38-24-26-46-44(32-38)50-47(56(46)48-23-14-28-52-48)27-25-45(55-50)37-18-8-4-9-19-37/h3-32,48,53-54H,33H2,1-2H3. The Hall–Kier alpha value is -6.82. The number of hydrogen-bond acceptors (Lipinski definition) is 4. The Balaban J connectivity index is 1.23. The van der Waals surface area contributed by atoms with Gasteiger partial charge in [0.25, 0.3) is 0 Å². The number of aliphatic imine (C=N–C) groups is 1. The number of nitrogens with zero attached hydrogens (tertiary/aromatic N) is 3. The Labute approximate surface area is 327 Å². The number of benzene rings is 6. The first-order valence-electron chi connectivity index (χ1n) is 19.3. The van der Waals surface area contributed by atoms with Crippen molar-refractivity contribution in [1.29, 1.82) is 0 Å². The molecule has 0 spiro atoms. The molecule has 0 amide bonds. The zero-order chi connectivity index (χ0) is 37.6. The molecule has 2 unspecified atom stereocenters. The molecule has 0 saturated carbocycles. The van der Waals surface area contributed by atoms with Gasteiger partial charge in [0.15, 0.2) is 0 Å². The van der Waals surface area contributed by atoms with E-state index in [1.165, 1.54) is 33.4 Å². The van der Waals surface area contributed by atoms with Gasteiger partial charge >= 0.3 is 0 Å². The zero-order valence-electron chi connectivity index (χ0n) is 31.4. The Bertz CT molecular complexity index is 2840. The monoisotopic (exact) mass is 723 g/mol. The normalized spacial score (nSPS) is 17.9. The lowest BCUT2D eigenvalue weighted by Gasteiger charge is -2.43. The number of pyridine rings is 1. The summed E-state index contributed by atoms with van der Waals surface area (Å²) in [7, 11) is 0. The molecule has 6 aromatic carbocycles. The third-order valence-electron chi connectivity index (χ3n) is 11.6. The van der Waals surface area contributed by atoms with Crippen LogP contribution in [0.1, 0.15) is 35.3 Å². The van der Waals surface area contributed by atoms with Gasteiger partial charge in [0.2, 0.25) is 0 Å². The summed E-state index contributed by atoms with van der Waals surface area (Å²) in [6.07, 6.45) is 5.94. The number of nitrogens with one attached hydrogen (secondary N) is 2. The smallest absolute Gasteiger partial charge is 0.144 e. The molecular formula is C51H41N5. The lowest BCUT2D eigenvalue weighted by molar-refractivity contribution is 0.433. The lowest BCUT2D eigenvalue weighted by atomic mass is 9.73. The predicted octanol–water partition coefficient (Wildman–Crippen LogP) is 11.5. The molecule has 56 heavy (non-hydrogen) atoms. The van der Waals surface area contributed by atoms with Crippen LogP contribution in [0.25, 0.3) is 61.1 Å². The van der Waals surface area contributed by atoms with Crippen molar-refractivity contribution >= 4 is 33.8 Å². The largest absolute Gasteiger partial charge is 0.372 e. The third kappa shape index (κ3) is 5.59. The van der Waals surface area contributed by atoms with Crippen LogP contribution >= 0.6 is 0 Å². The van der Waals surface area contributed by atoms with E-state index in [2.05, 4.69) is 193 Å². The lowest BCUT2D eigenvalue weighted by Crippen LogP contribution is -2.52. The Morgan fingerprint density at radius 3 is 2.02 bits per heavy atom. The van der Waals surface area contributed by atoms with Crippen LogP contribution in [0.2, 0.25) is 0 Å². The van der Waals surface area contributed by atoms with Gasteiger partial charge in [0, 0.05) is 28.4 Å². The van der Waals surface area contributed by atoms with Crippen LogP contribution in [0.15, 0.2) is 187 Å². The average Bonchev–Trinajstić information content (AvgIpc) is 3.91. The summed E-state index contributed by atoms with van der Waals surface area (Å²) in [5.41, 5.74) is 16.4. The van der Waals surface area contributed by atoms with Crippen molar-refractivity contribution in [2.24, 2.45) is 4.99 Å². The molecule has 10 rings (SSSR count). The van der Waals surface area contributed by atoms with Crippen LogP contribution in [-0.2, 0) is 5.54 Å². The first kappa shape index (κ1) is 33.7. The van der Waals surface area contributed by atoms with Gasteiger partial charge in [-0.2, -0.15) is 0 Å². The molecule has 0 fully saturated rings. The minimum Gasteiger partial charge on any atom is -0.372 e. The molecule has 2 aliphatic rings. The Morgan fingerprint density at radius 2 is 1.29 bits per heavy atom. The first-order valence-corrected chi connectivity index (χ1v) is 19.3. The summed E-state index contributed by atoms with van der Waals surface area (Å²) in [6, 6.07) is 59.0. The van der Waals surface area contributed by atoms with Crippen molar-refractivity contribution in [3.05, 3.63) is 204 Å². The highest BCUT2D eigenvalue weighted by Crippen LogP contribution is 2.45. The molecular weight excluding hydrogens is 683 g/mol. The van der Waals surface area contributed by atoms with Crippen molar-refractivity contribution in [2.75, 3.05) is 6.67 Å². The molecule has 4 heterocycles. The first-order chi connectivity index (χ1) is 27.6. The highest BCUT2D eigenvalue weighted by atomic mass is 15.2. The molecule has 0 saturated heterocycles. The van der Waals surface area contributed by atoms with Crippen LogP contribution in [-0.4, -0.2) is 22.4 Å². The second-order valence-electron chi connectivity index (χ2n) is 14.8. The average molecular weight is 724 g/mol. The second-order valence-corrected chi connectivity index (χ2v) is 14.8. The quantitative estimate of drug-likeness (QED) is 0.172. The van der Waals surface area contributed by atoms with Crippen LogP contribution in [0.3, 0.4) is 0 Å². The Morgan fingerprint density at radius 1 is 0.607 bits per heavy atom. The van der Waals surface area contributed by atoms with Crippen LogP contribution in [0.4, 0.5) is 0 Å². The van der Waals surface area contributed by atoms with Gasteiger partial charge in [-0.1, -0.05) is 121 Å². The topological polar surface area (TPSA) is 54.2 Å². The molecule has 5 nitrogen and oxygen atoms in total. The van der Waals surface area contributed by atoms with Gasteiger partial charge in [-0.3, -0.25) is 10.3 Å². The van der Waals surface area contributed by atoms with Gasteiger partial charge in [-0.05, 0) is 113 Å². The number of allylic oxidation sites excluding steroid dienone is 1. The fourth-order valence-electron chi connectivity index (χ4n) is 8.80. The van der Waals surface area contributed by atoms with Crippen LogP contribution in [0.5, 0.6) is 0 Å². The van der Waals surface area contributed by atoms with Crippen LogP contribution in [0, 0.1) is 6.92 Å². The summed E-state index contributed by atoms with van der Waals surface area (Å²) in [5, 5.41) is 8.84. The van der Waals surface area contributed by atoms with Gasteiger partial charge in [0.1, 0.15) is 6.17 Å². The number of fused-ring (bicyclic) bond motifs is 3. The van der Waals surface area contributed by atoms with Crippen molar-refractivity contribution in [1.82, 2.24) is 20.2 Å². The SMILES string of the molecule is CC1=C(c2ccccc2C)NCNC1(c1ccccc1)c1cc(-c2ccccc2)cc(-c2ccc3c(c2)c2nc(-c4ccccc4)ccc2n3C2C=CC=N2)c1. The number of rotatable bonds is 7. The third-order valence-corrected chi connectivity index (χ3v) is 11.6. The zero-order valence-corrected chi connectivity index (χ0v) is 31.4. The summed E-state index contributed by atoms with van der Waals surface area (Å²) >= 11 is 0. The maximum Gasteiger partial charge on any atom is 0.144 e. The molecule has 0 radical (unpaired) electrons. The molecule has 0 aliphatic carbocycles. The predicted molar refractivity (Wildman–Crippen MR) is 232 cm³/mol. The molecule has 8 aromatic rings. The maximum absolute atomic E-state index is 5.34. The van der Waals surface area contributed by atoms with E-state index in [-0.39, 0.29) is 6.17 Å². The Kier molecular flexibility index (Phi) is 8.31. The number of hydrogen-bond donors (Lipinski definition) is 2. The summed E-state index contributed by atoms with van der Waals surface area (Å²) in [4.78, 5) is 10.1. The van der Waals surface area contributed by atoms with E-state index >= 15 is 0 Å². The van der Waals surface area contributed by atoms with E-state index in [0.29, 0.717) is 6.67 Å². The molecule has 2 aromatic heterocycles. The summed E-state index contributed by atoms with van der Waals surface area (Å²) < 4.78 is 2.31. The van der Waals surface area contributed by atoms with E-state index in [0.717, 1.165) is 55.6 Å². The molecule has 5 heteroatoms. The van der Waals surface area contributed by atoms with Gasteiger partial charge in [-0.25, -0.2) is 4.98 Å². The summed E-state index contributed by atoms with van der Waals surface area (Å²) in [5.74, 6) is 0. The second kappa shape index (κ2) is 13.8. The van der Waals surface area contributed by atoms with E-state index < -0.39 is 5.54 Å². The van der Waals surface area contributed by atoms with Gasteiger partial charge < -0.3 is 9.88 Å². The maximum atomic E-state index is 5.34. The van der Waals surface area contributed by atoms with Gasteiger partial charge in [-0.15, -0.1) is 0 Å². The van der Waals surface area contributed by atoms with Crippen molar-refractivity contribution < 1.29 is 0 Å². The number of aromatic nitrogens is 2. The van der Waals surface area contributed by atoms with Crippen LogP contribution < -0.4 is 10.6 Å². The van der Waals surface area contributed by atoms with E-state index in [4.69, 9.17) is 9.98 Å². The van der Waals surface area contributed by atoms with E-state index in [1.807, 2.05) is 18.4 Å². The highest BCUT2D eigenvalue weighted by Gasteiger charge is 2.40. The minimum atomic E-state index is -0.608. The van der Waals surface area contributed by atoms with E-state index in [9.17, 15) is 0 Å². The number of aryl methyl sites for hydroxylation is 1. The minimum absolute atomic E-state index is 0.118. The fraction of sp³-hybridized carbons (Fsp3) is 0.0980. The molecule has 2 aliphatic heterocycles. The molecule has 2 atom stereocenters. The summed E-state index contributed by atoms with van der Waals surface area (Å²) in [6.45, 7) is 5.08.